The number of amides is 2. The molecule has 23 heavy (non-hydrogen) atoms. The number of rotatable bonds is 5. The predicted octanol–water partition coefficient (Wildman–Crippen LogP) is 3.20. The Bertz CT molecular complexity index is 759. The molecule has 3 rings (SSSR count). The lowest BCUT2D eigenvalue weighted by Crippen LogP contribution is -2.34. The van der Waals surface area contributed by atoms with Crippen LogP contribution in [0.15, 0.2) is 60.2 Å². The summed E-state index contributed by atoms with van der Waals surface area (Å²) in [7, 11) is 0. The number of nitrogens with zero attached hydrogens (tertiary/aromatic N) is 2. The largest absolute Gasteiger partial charge is 0.333 e. The minimum atomic E-state index is -0.210. The van der Waals surface area contributed by atoms with Gasteiger partial charge in [-0.2, -0.15) is 0 Å². The number of carbonyl (C=O) groups excluding carboxylic acids is 1. The molecule has 2 aromatic heterocycles. The molecular formula is C17H16N4OS. The molecule has 0 saturated carbocycles. The van der Waals surface area contributed by atoms with Crippen LogP contribution >= 0.6 is 11.3 Å². The highest BCUT2D eigenvalue weighted by Crippen LogP contribution is 2.15. The van der Waals surface area contributed by atoms with Crippen LogP contribution in [0, 0.1) is 0 Å². The molecule has 0 saturated heterocycles. The van der Waals surface area contributed by atoms with Crippen LogP contribution in [0.25, 0.3) is 11.3 Å². The van der Waals surface area contributed by atoms with Crippen molar-refractivity contribution in [1.82, 2.24) is 20.6 Å². The summed E-state index contributed by atoms with van der Waals surface area (Å²) in [6.07, 6.45) is 1.52. The molecule has 0 atom stereocenters. The Morgan fingerprint density at radius 3 is 2.61 bits per heavy atom. The third-order valence-corrected chi connectivity index (χ3v) is 4.10. The van der Waals surface area contributed by atoms with Crippen molar-refractivity contribution in [2.45, 2.75) is 13.1 Å². The van der Waals surface area contributed by atoms with E-state index in [0.717, 1.165) is 21.8 Å². The SMILES string of the molecule is O=C(NCc1cc(-c2ccccc2)ncn1)NCc1cccs1. The zero-order valence-corrected chi connectivity index (χ0v) is 13.2. The van der Waals surface area contributed by atoms with Gasteiger partial charge in [0.15, 0.2) is 0 Å². The molecule has 2 N–H and O–H groups in total. The molecule has 3 aromatic rings. The van der Waals surface area contributed by atoms with Crippen molar-refractivity contribution in [2.75, 3.05) is 0 Å². The Morgan fingerprint density at radius 2 is 1.83 bits per heavy atom. The van der Waals surface area contributed by atoms with Crippen LogP contribution in [0.1, 0.15) is 10.6 Å². The third-order valence-electron chi connectivity index (χ3n) is 3.23. The van der Waals surface area contributed by atoms with Gasteiger partial charge in [0.1, 0.15) is 6.33 Å². The number of thiophene rings is 1. The Labute approximate surface area is 138 Å². The molecule has 1 aromatic carbocycles. The van der Waals surface area contributed by atoms with E-state index in [1.165, 1.54) is 6.33 Å². The molecule has 5 nitrogen and oxygen atoms in total. The van der Waals surface area contributed by atoms with E-state index in [1.807, 2.05) is 53.9 Å². The van der Waals surface area contributed by atoms with E-state index in [0.29, 0.717) is 13.1 Å². The Balaban J connectivity index is 1.55. The molecule has 0 aliphatic carbocycles. The number of aromatic nitrogens is 2. The van der Waals surface area contributed by atoms with Gasteiger partial charge in [-0.15, -0.1) is 11.3 Å². The van der Waals surface area contributed by atoms with Crippen molar-refractivity contribution in [3.63, 3.8) is 0 Å². The van der Waals surface area contributed by atoms with Gasteiger partial charge in [-0.3, -0.25) is 0 Å². The molecule has 0 unspecified atom stereocenters. The summed E-state index contributed by atoms with van der Waals surface area (Å²) in [6.45, 7) is 0.890. The van der Waals surface area contributed by atoms with E-state index >= 15 is 0 Å². The Morgan fingerprint density at radius 1 is 1.00 bits per heavy atom. The van der Waals surface area contributed by atoms with Crippen LogP contribution < -0.4 is 10.6 Å². The molecule has 116 valence electrons. The van der Waals surface area contributed by atoms with Crippen molar-refractivity contribution in [3.05, 3.63) is 70.8 Å². The maximum Gasteiger partial charge on any atom is 0.315 e. The lowest BCUT2D eigenvalue weighted by molar-refractivity contribution is 0.240. The molecule has 2 amide bonds. The van der Waals surface area contributed by atoms with Gasteiger partial charge in [0.05, 0.1) is 24.5 Å². The predicted molar refractivity (Wildman–Crippen MR) is 90.9 cm³/mol. The Kier molecular flexibility index (Phi) is 4.95. The van der Waals surface area contributed by atoms with E-state index in [4.69, 9.17) is 0 Å². The second-order valence-electron chi connectivity index (χ2n) is 4.88. The molecule has 0 fully saturated rings. The summed E-state index contributed by atoms with van der Waals surface area (Å²) < 4.78 is 0. The molecule has 2 heterocycles. The second-order valence-corrected chi connectivity index (χ2v) is 5.91. The van der Waals surface area contributed by atoms with Gasteiger partial charge < -0.3 is 10.6 Å². The minimum Gasteiger partial charge on any atom is -0.333 e. The molecule has 0 aliphatic rings. The lowest BCUT2D eigenvalue weighted by Gasteiger charge is -2.07. The number of urea groups is 1. The van der Waals surface area contributed by atoms with Gasteiger partial charge in [0, 0.05) is 10.4 Å². The first-order valence-corrected chi connectivity index (χ1v) is 8.09. The molecular weight excluding hydrogens is 308 g/mol. The van der Waals surface area contributed by atoms with Gasteiger partial charge in [-0.05, 0) is 17.5 Å². The molecule has 0 aliphatic heterocycles. The first-order chi connectivity index (χ1) is 11.3. The van der Waals surface area contributed by atoms with E-state index in [1.54, 1.807) is 11.3 Å². The summed E-state index contributed by atoms with van der Waals surface area (Å²) in [4.78, 5) is 21.4. The monoisotopic (exact) mass is 324 g/mol. The number of hydrogen-bond donors (Lipinski definition) is 2. The Hall–Kier alpha value is -2.73. The summed E-state index contributed by atoms with van der Waals surface area (Å²) >= 11 is 1.62. The van der Waals surface area contributed by atoms with Gasteiger partial charge in [-0.1, -0.05) is 36.4 Å². The van der Waals surface area contributed by atoms with Crippen LogP contribution in [0.3, 0.4) is 0 Å². The van der Waals surface area contributed by atoms with Crippen LogP contribution in [-0.2, 0) is 13.1 Å². The van der Waals surface area contributed by atoms with Crippen molar-refractivity contribution < 1.29 is 4.79 Å². The van der Waals surface area contributed by atoms with Crippen LogP contribution in [0.4, 0.5) is 4.79 Å². The highest BCUT2D eigenvalue weighted by molar-refractivity contribution is 7.09. The minimum absolute atomic E-state index is 0.210. The standard InChI is InChI=1S/C17H16N4OS/c22-17(19-11-15-7-4-8-23-15)18-10-14-9-16(21-12-20-14)13-5-2-1-3-6-13/h1-9,12H,10-11H2,(H2,18,19,22). The van der Waals surface area contributed by atoms with Crippen molar-refractivity contribution in [3.8, 4) is 11.3 Å². The average molecular weight is 324 g/mol. The first-order valence-electron chi connectivity index (χ1n) is 7.22. The summed E-state index contributed by atoms with van der Waals surface area (Å²) in [5.41, 5.74) is 2.64. The van der Waals surface area contributed by atoms with E-state index in [9.17, 15) is 4.79 Å². The first kappa shape index (κ1) is 15.2. The number of carbonyl (C=O) groups is 1. The lowest BCUT2D eigenvalue weighted by atomic mass is 10.1. The van der Waals surface area contributed by atoms with Crippen LogP contribution in [0.5, 0.6) is 0 Å². The fourth-order valence-corrected chi connectivity index (χ4v) is 2.72. The number of benzene rings is 1. The molecule has 0 bridgehead atoms. The van der Waals surface area contributed by atoms with Crippen molar-refractivity contribution >= 4 is 17.4 Å². The smallest absolute Gasteiger partial charge is 0.315 e. The third kappa shape index (κ3) is 4.37. The summed E-state index contributed by atoms with van der Waals surface area (Å²) in [5.74, 6) is 0. The quantitative estimate of drug-likeness (QED) is 0.757. The molecule has 0 spiro atoms. The van der Waals surface area contributed by atoms with Crippen LogP contribution in [0.2, 0.25) is 0 Å². The van der Waals surface area contributed by atoms with Gasteiger partial charge in [0.25, 0.3) is 0 Å². The van der Waals surface area contributed by atoms with Gasteiger partial charge in [-0.25, -0.2) is 14.8 Å². The summed E-state index contributed by atoms with van der Waals surface area (Å²) in [5, 5.41) is 7.61. The highest BCUT2D eigenvalue weighted by atomic mass is 32.1. The zero-order valence-electron chi connectivity index (χ0n) is 12.4. The fraction of sp³-hybridized carbons (Fsp3) is 0.118. The van der Waals surface area contributed by atoms with E-state index < -0.39 is 0 Å². The highest BCUT2D eigenvalue weighted by Gasteiger charge is 2.04. The second kappa shape index (κ2) is 7.51. The van der Waals surface area contributed by atoms with E-state index in [-0.39, 0.29) is 6.03 Å². The topological polar surface area (TPSA) is 66.9 Å². The molecule has 6 heteroatoms. The normalized spacial score (nSPS) is 10.3. The average Bonchev–Trinajstić information content (AvgIpc) is 3.13. The maximum absolute atomic E-state index is 11.8. The fourth-order valence-electron chi connectivity index (χ4n) is 2.07. The van der Waals surface area contributed by atoms with E-state index in [2.05, 4.69) is 20.6 Å². The van der Waals surface area contributed by atoms with Gasteiger partial charge >= 0.3 is 6.03 Å². The van der Waals surface area contributed by atoms with Gasteiger partial charge in [0.2, 0.25) is 0 Å². The maximum atomic E-state index is 11.8. The number of hydrogen-bond acceptors (Lipinski definition) is 4. The zero-order chi connectivity index (χ0) is 15.9. The van der Waals surface area contributed by atoms with Crippen molar-refractivity contribution in [1.29, 1.82) is 0 Å². The summed E-state index contributed by atoms with van der Waals surface area (Å²) in [6, 6.07) is 15.5. The van der Waals surface area contributed by atoms with Crippen molar-refractivity contribution in [2.24, 2.45) is 0 Å². The van der Waals surface area contributed by atoms with Crippen LogP contribution in [-0.4, -0.2) is 16.0 Å². The number of nitrogens with one attached hydrogen (secondary N) is 2. The molecule has 0 radical (unpaired) electrons.